The maximum absolute atomic E-state index is 9.43. The van der Waals surface area contributed by atoms with Gasteiger partial charge in [0.2, 0.25) is 0 Å². The van der Waals surface area contributed by atoms with Gasteiger partial charge in [0.1, 0.15) is 6.07 Å². The Balaban J connectivity index is 2.04. The summed E-state index contributed by atoms with van der Waals surface area (Å²) in [5.41, 5.74) is 3.02. The summed E-state index contributed by atoms with van der Waals surface area (Å²) < 4.78 is 5.01. The van der Waals surface area contributed by atoms with Crippen LogP contribution in [0.3, 0.4) is 0 Å². The van der Waals surface area contributed by atoms with Crippen molar-refractivity contribution < 1.29 is 4.74 Å². The topological polar surface area (TPSA) is 48.3 Å². The first-order valence-corrected chi connectivity index (χ1v) is 7.72. The summed E-state index contributed by atoms with van der Waals surface area (Å²) in [5.74, 6) is 0.709. The minimum atomic E-state index is 0.703. The Kier molecular flexibility index (Phi) is 6.04. The van der Waals surface area contributed by atoms with Crippen LogP contribution in [0.25, 0.3) is 0 Å². The van der Waals surface area contributed by atoms with Gasteiger partial charge in [0.25, 0.3) is 0 Å². The first-order chi connectivity index (χ1) is 10.2. The van der Waals surface area contributed by atoms with Crippen LogP contribution < -0.4 is 10.2 Å². The standard InChI is InChI=1S/C17H25N3O/c1-14-4-3-8-20(13-14)17-6-5-15(10-16(17)11-18)12-19-7-9-21-2/h5-6,10,14,19H,3-4,7-9,12-13H2,1-2H3. The smallest absolute Gasteiger partial charge is 0.101 e. The summed E-state index contributed by atoms with van der Waals surface area (Å²) in [6.07, 6.45) is 2.51. The van der Waals surface area contributed by atoms with Gasteiger partial charge in [-0.25, -0.2) is 0 Å². The highest BCUT2D eigenvalue weighted by molar-refractivity contribution is 5.60. The van der Waals surface area contributed by atoms with E-state index in [2.05, 4.69) is 35.3 Å². The molecule has 1 N–H and O–H groups in total. The van der Waals surface area contributed by atoms with E-state index in [1.165, 1.54) is 12.8 Å². The minimum Gasteiger partial charge on any atom is -0.383 e. The quantitative estimate of drug-likeness (QED) is 0.817. The monoisotopic (exact) mass is 287 g/mol. The van der Waals surface area contributed by atoms with Crippen molar-refractivity contribution in [2.45, 2.75) is 26.3 Å². The van der Waals surface area contributed by atoms with E-state index in [1.54, 1.807) is 7.11 Å². The van der Waals surface area contributed by atoms with Gasteiger partial charge in [-0.05, 0) is 36.5 Å². The van der Waals surface area contributed by atoms with Gasteiger partial charge >= 0.3 is 0 Å². The number of anilines is 1. The summed E-state index contributed by atoms with van der Waals surface area (Å²) in [4.78, 5) is 2.36. The molecule has 0 saturated carbocycles. The fourth-order valence-electron chi connectivity index (χ4n) is 2.87. The molecule has 4 nitrogen and oxygen atoms in total. The summed E-state index contributed by atoms with van der Waals surface area (Å²) in [6.45, 7) is 6.70. The number of ether oxygens (including phenoxy) is 1. The molecule has 0 radical (unpaired) electrons. The van der Waals surface area contributed by atoms with Gasteiger partial charge in [0.05, 0.1) is 17.9 Å². The zero-order valence-electron chi connectivity index (χ0n) is 13.1. The second-order valence-corrected chi connectivity index (χ2v) is 5.83. The minimum absolute atomic E-state index is 0.703. The summed E-state index contributed by atoms with van der Waals surface area (Å²) >= 11 is 0. The Morgan fingerprint density at radius 3 is 3.05 bits per heavy atom. The Labute approximate surface area is 127 Å². The van der Waals surface area contributed by atoms with Crippen LogP contribution in [0.5, 0.6) is 0 Å². The fraction of sp³-hybridized carbons (Fsp3) is 0.588. The number of methoxy groups -OCH3 is 1. The van der Waals surface area contributed by atoms with Gasteiger partial charge in [-0.3, -0.25) is 0 Å². The predicted molar refractivity (Wildman–Crippen MR) is 85.4 cm³/mol. The van der Waals surface area contributed by atoms with E-state index in [0.717, 1.165) is 43.0 Å². The number of hydrogen-bond acceptors (Lipinski definition) is 4. The molecule has 1 fully saturated rings. The van der Waals surface area contributed by atoms with Crippen molar-refractivity contribution >= 4 is 5.69 Å². The molecule has 114 valence electrons. The Morgan fingerprint density at radius 2 is 2.33 bits per heavy atom. The highest BCUT2D eigenvalue weighted by Crippen LogP contribution is 2.26. The number of hydrogen-bond donors (Lipinski definition) is 1. The molecule has 1 aliphatic rings. The Morgan fingerprint density at radius 1 is 1.48 bits per heavy atom. The van der Waals surface area contributed by atoms with Crippen LogP contribution in [0.2, 0.25) is 0 Å². The molecule has 4 heteroatoms. The van der Waals surface area contributed by atoms with E-state index >= 15 is 0 Å². The van der Waals surface area contributed by atoms with Crippen LogP contribution in [0.1, 0.15) is 30.9 Å². The summed E-state index contributed by atoms with van der Waals surface area (Å²) in [5, 5.41) is 12.7. The zero-order valence-corrected chi connectivity index (χ0v) is 13.1. The molecule has 1 aromatic carbocycles. The maximum Gasteiger partial charge on any atom is 0.101 e. The molecule has 0 aliphatic carbocycles. The third-order valence-electron chi connectivity index (χ3n) is 3.99. The van der Waals surface area contributed by atoms with E-state index in [1.807, 2.05) is 6.07 Å². The first-order valence-electron chi connectivity index (χ1n) is 7.72. The van der Waals surface area contributed by atoms with Crippen LogP contribution >= 0.6 is 0 Å². The van der Waals surface area contributed by atoms with Gasteiger partial charge < -0.3 is 15.0 Å². The third kappa shape index (κ3) is 4.45. The lowest BCUT2D eigenvalue weighted by Gasteiger charge is -2.33. The van der Waals surface area contributed by atoms with Crippen LogP contribution in [0.4, 0.5) is 5.69 Å². The average Bonchev–Trinajstić information content (AvgIpc) is 2.51. The van der Waals surface area contributed by atoms with Crippen LogP contribution in [-0.2, 0) is 11.3 Å². The Bertz CT molecular complexity index is 495. The van der Waals surface area contributed by atoms with E-state index in [9.17, 15) is 5.26 Å². The van der Waals surface area contributed by atoms with Crippen molar-refractivity contribution in [2.24, 2.45) is 5.92 Å². The average molecular weight is 287 g/mol. The zero-order chi connectivity index (χ0) is 15.1. The van der Waals surface area contributed by atoms with Crippen molar-refractivity contribution in [3.05, 3.63) is 29.3 Å². The molecule has 1 aliphatic heterocycles. The van der Waals surface area contributed by atoms with Gasteiger partial charge in [-0.15, -0.1) is 0 Å². The molecule has 0 amide bonds. The molecular weight excluding hydrogens is 262 g/mol. The lowest BCUT2D eigenvalue weighted by atomic mass is 9.98. The van der Waals surface area contributed by atoms with Crippen molar-refractivity contribution in [1.82, 2.24) is 5.32 Å². The summed E-state index contributed by atoms with van der Waals surface area (Å²) in [7, 11) is 1.70. The van der Waals surface area contributed by atoms with Crippen LogP contribution in [0, 0.1) is 17.2 Å². The van der Waals surface area contributed by atoms with E-state index in [4.69, 9.17) is 4.74 Å². The molecule has 0 aromatic heterocycles. The summed E-state index contributed by atoms with van der Waals surface area (Å²) in [6, 6.07) is 8.59. The Hall–Kier alpha value is -1.57. The van der Waals surface area contributed by atoms with Crippen LogP contribution in [0.15, 0.2) is 18.2 Å². The number of nitrogens with zero attached hydrogens (tertiary/aromatic N) is 2. The SMILES string of the molecule is COCCNCc1ccc(N2CCCC(C)C2)c(C#N)c1. The molecule has 21 heavy (non-hydrogen) atoms. The number of nitriles is 1. The first kappa shape index (κ1) is 15.8. The van der Waals surface area contributed by atoms with Crippen molar-refractivity contribution in [3.8, 4) is 6.07 Å². The molecule has 0 bridgehead atoms. The van der Waals surface area contributed by atoms with Crippen molar-refractivity contribution in [2.75, 3.05) is 38.3 Å². The largest absolute Gasteiger partial charge is 0.383 e. The van der Waals surface area contributed by atoms with Crippen molar-refractivity contribution in [1.29, 1.82) is 5.26 Å². The molecule has 1 atom stereocenters. The van der Waals surface area contributed by atoms with E-state index in [-0.39, 0.29) is 0 Å². The third-order valence-corrected chi connectivity index (χ3v) is 3.99. The second kappa shape index (κ2) is 8.02. The van der Waals surface area contributed by atoms with E-state index in [0.29, 0.717) is 12.5 Å². The van der Waals surface area contributed by atoms with Gasteiger partial charge in [0.15, 0.2) is 0 Å². The predicted octanol–water partition coefficient (Wildman–Crippen LogP) is 2.53. The lowest BCUT2D eigenvalue weighted by molar-refractivity contribution is 0.199. The number of rotatable bonds is 6. The normalized spacial score (nSPS) is 18.5. The maximum atomic E-state index is 9.43. The molecule has 1 aromatic rings. The highest BCUT2D eigenvalue weighted by Gasteiger charge is 2.19. The number of nitrogens with one attached hydrogen (secondary N) is 1. The van der Waals surface area contributed by atoms with Crippen LogP contribution in [-0.4, -0.2) is 33.4 Å². The van der Waals surface area contributed by atoms with Gasteiger partial charge in [-0.1, -0.05) is 13.0 Å². The molecule has 1 heterocycles. The lowest BCUT2D eigenvalue weighted by Crippen LogP contribution is -2.34. The van der Waals surface area contributed by atoms with Crippen molar-refractivity contribution in [3.63, 3.8) is 0 Å². The highest BCUT2D eigenvalue weighted by atomic mass is 16.5. The fourth-order valence-corrected chi connectivity index (χ4v) is 2.87. The van der Waals surface area contributed by atoms with Gasteiger partial charge in [-0.2, -0.15) is 5.26 Å². The molecule has 1 unspecified atom stereocenters. The second-order valence-electron chi connectivity index (χ2n) is 5.83. The van der Waals surface area contributed by atoms with E-state index < -0.39 is 0 Å². The number of benzene rings is 1. The number of piperidine rings is 1. The molecule has 2 rings (SSSR count). The molecule has 1 saturated heterocycles. The molecular formula is C17H25N3O. The molecule has 0 spiro atoms. The van der Waals surface area contributed by atoms with Gasteiger partial charge in [0, 0.05) is 33.3 Å².